The van der Waals surface area contributed by atoms with E-state index in [-0.39, 0.29) is 18.0 Å². The van der Waals surface area contributed by atoms with Gasteiger partial charge in [-0.05, 0) is 32.1 Å². The molecular formula is C14H22O3. The monoisotopic (exact) mass is 238 g/mol. The average molecular weight is 238 g/mol. The first-order valence-electron chi connectivity index (χ1n) is 6.38. The fourth-order valence-electron chi connectivity index (χ4n) is 2.92. The van der Waals surface area contributed by atoms with Crippen molar-refractivity contribution in [1.82, 2.24) is 0 Å². The van der Waals surface area contributed by atoms with Crippen molar-refractivity contribution in [3.8, 4) is 0 Å². The summed E-state index contributed by atoms with van der Waals surface area (Å²) in [6.07, 6.45) is 1.23. The smallest absolute Gasteiger partial charge is 0.170 e. The summed E-state index contributed by atoms with van der Waals surface area (Å²) >= 11 is 0. The minimum atomic E-state index is -0.484. The molecule has 0 radical (unpaired) electrons. The van der Waals surface area contributed by atoms with Crippen molar-refractivity contribution in [3.05, 3.63) is 12.2 Å². The number of hydrogen-bond acceptors (Lipinski definition) is 3. The Morgan fingerprint density at radius 2 is 2.00 bits per heavy atom. The molecule has 2 fully saturated rings. The minimum absolute atomic E-state index is 0.260. The zero-order valence-corrected chi connectivity index (χ0v) is 11.0. The molecule has 3 heteroatoms. The van der Waals surface area contributed by atoms with Crippen LogP contribution in [0.1, 0.15) is 33.6 Å². The van der Waals surface area contributed by atoms with Crippen LogP contribution in [0.25, 0.3) is 0 Å². The predicted octanol–water partition coefficient (Wildman–Crippen LogP) is 2.56. The Balaban J connectivity index is 2.18. The van der Waals surface area contributed by atoms with E-state index in [2.05, 4.69) is 13.5 Å². The fraction of sp³-hybridized carbons (Fsp3) is 0.786. The third-order valence-corrected chi connectivity index (χ3v) is 4.50. The molecule has 1 aliphatic heterocycles. The van der Waals surface area contributed by atoms with E-state index in [9.17, 15) is 4.79 Å². The second-order valence-electron chi connectivity index (χ2n) is 5.66. The van der Waals surface area contributed by atoms with Crippen LogP contribution in [-0.2, 0) is 14.3 Å². The van der Waals surface area contributed by atoms with E-state index in [4.69, 9.17) is 9.47 Å². The highest BCUT2D eigenvalue weighted by molar-refractivity contribution is 5.86. The number of carbonyl (C=O) groups excluding carboxylic acids is 1. The molecule has 1 saturated carbocycles. The van der Waals surface area contributed by atoms with Gasteiger partial charge in [0.25, 0.3) is 0 Å². The van der Waals surface area contributed by atoms with E-state index in [0.717, 1.165) is 12.0 Å². The van der Waals surface area contributed by atoms with Gasteiger partial charge >= 0.3 is 0 Å². The van der Waals surface area contributed by atoms with E-state index in [0.29, 0.717) is 25.6 Å². The minimum Gasteiger partial charge on any atom is -0.349 e. The molecule has 2 rings (SSSR count). The number of rotatable bonds is 2. The summed E-state index contributed by atoms with van der Waals surface area (Å²) in [7, 11) is 0. The van der Waals surface area contributed by atoms with Crippen molar-refractivity contribution in [2.75, 3.05) is 13.2 Å². The van der Waals surface area contributed by atoms with Gasteiger partial charge in [-0.15, -0.1) is 0 Å². The Labute approximate surface area is 103 Å². The first-order chi connectivity index (χ1) is 7.96. The van der Waals surface area contributed by atoms with E-state index in [1.807, 2.05) is 13.8 Å². The molecular weight excluding hydrogens is 216 g/mol. The highest BCUT2D eigenvalue weighted by atomic mass is 16.7. The van der Waals surface area contributed by atoms with Crippen LogP contribution < -0.4 is 0 Å². The van der Waals surface area contributed by atoms with Crippen LogP contribution >= 0.6 is 0 Å². The number of allylic oxidation sites excluding steroid dienone is 1. The number of ether oxygens (including phenoxy) is 2. The average Bonchev–Trinajstić information content (AvgIpc) is 2.78. The first-order valence-corrected chi connectivity index (χ1v) is 6.38. The van der Waals surface area contributed by atoms with Gasteiger partial charge in [-0.25, -0.2) is 0 Å². The number of ketones is 1. The molecule has 1 aliphatic carbocycles. The van der Waals surface area contributed by atoms with Gasteiger partial charge in [0.15, 0.2) is 6.29 Å². The molecule has 0 bridgehead atoms. The molecule has 1 saturated heterocycles. The Morgan fingerprint density at radius 3 is 2.47 bits per heavy atom. The zero-order chi connectivity index (χ0) is 12.6. The van der Waals surface area contributed by atoms with Crippen molar-refractivity contribution < 1.29 is 14.3 Å². The maximum absolute atomic E-state index is 12.4. The Bertz CT molecular complexity index is 330. The summed E-state index contributed by atoms with van der Waals surface area (Å²) in [4.78, 5) is 12.4. The Hall–Kier alpha value is -0.670. The van der Waals surface area contributed by atoms with E-state index >= 15 is 0 Å². The van der Waals surface area contributed by atoms with Crippen molar-refractivity contribution in [3.63, 3.8) is 0 Å². The van der Waals surface area contributed by atoms with Crippen LogP contribution in [-0.4, -0.2) is 25.3 Å². The largest absolute Gasteiger partial charge is 0.349 e. The third kappa shape index (κ3) is 2.06. The standard InChI is InChI=1S/C14H22O3/c1-9(2)11-7-10(3)14(4,12(15)8-11)13-16-5-6-17-13/h10-11,13H,1,5-8H2,2-4H3/t10-,11-,14+/m1/s1. The van der Waals surface area contributed by atoms with Crippen molar-refractivity contribution in [1.29, 1.82) is 0 Å². The van der Waals surface area contributed by atoms with Crippen LogP contribution in [0.4, 0.5) is 0 Å². The topological polar surface area (TPSA) is 35.5 Å². The van der Waals surface area contributed by atoms with Gasteiger partial charge in [0.2, 0.25) is 0 Å². The number of Topliss-reactive ketones (excluding diaryl/α,β-unsaturated/α-hetero) is 1. The molecule has 0 spiro atoms. The first kappa shape index (κ1) is 12.8. The van der Waals surface area contributed by atoms with Crippen LogP contribution in [0.2, 0.25) is 0 Å². The highest BCUT2D eigenvalue weighted by Gasteiger charge is 2.51. The lowest BCUT2D eigenvalue weighted by molar-refractivity contribution is -0.175. The van der Waals surface area contributed by atoms with E-state index in [1.54, 1.807) is 0 Å². The molecule has 0 aromatic heterocycles. The van der Waals surface area contributed by atoms with Gasteiger partial charge in [-0.1, -0.05) is 19.1 Å². The molecule has 0 aromatic carbocycles. The van der Waals surface area contributed by atoms with Gasteiger partial charge in [0.05, 0.1) is 18.6 Å². The predicted molar refractivity (Wildman–Crippen MR) is 65.5 cm³/mol. The summed E-state index contributed by atoms with van der Waals surface area (Å²) in [5, 5.41) is 0. The van der Waals surface area contributed by atoms with Crippen LogP contribution in [0.5, 0.6) is 0 Å². The Kier molecular flexibility index (Phi) is 3.41. The van der Waals surface area contributed by atoms with E-state index < -0.39 is 5.41 Å². The van der Waals surface area contributed by atoms with Gasteiger partial charge in [0, 0.05) is 6.42 Å². The highest BCUT2D eigenvalue weighted by Crippen LogP contribution is 2.46. The van der Waals surface area contributed by atoms with Crippen molar-refractivity contribution >= 4 is 5.78 Å². The fourth-order valence-corrected chi connectivity index (χ4v) is 2.92. The summed E-state index contributed by atoms with van der Waals surface area (Å²) in [6, 6.07) is 0. The molecule has 3 nitrogen and oxygen atoms in total. The maximum Gasteiger partial charge on any atom is 0.170 e. The molecule has 1 heterocycles. The maximum atomic E-state index is 12.4. The lowest BCUT2D eigenvalue weighted by Gasteiger charge is -2.43. The van der Waals surface area contributed by atoms with Crippen LogP contribution in [0.3, 0.4) is 0 Å². The third-order valence-electron chi connectivity index (χ3n) is 4.50. The second kappa shape index (κ2) is 4.54. The van der Waals surface area contributed by atoms with Crippen LogP contribution in [0, 0.1) is 17.3 Å². The molecule has 96 valence electrons. The molecule has 0 N–H and O–H groups in total. The van der Waals surface area contributed by atoms with Crippen LogP contribution in [0.15, 0.2) is 12.2 Å². The molecule has 2 aliphatic rings. The Morgan fingerprint density at radius 1 is 1.41 bits per heavy atom. The van der Waals surface area contributed by atoms with Gasteiger partial charge in [0.1, 0.15) is 5.78 Å². The molecule has 0 aromatic rings. The zero-order valence-electron chi connectivity index (χ0n) is 11.0. The van der Waals surface area contributed by atoms with E-state index in [1.165, 1.54) is 0 Å². The van der Waals surface area contributed by atoms with Crippen molar-refractivity contribution in [2.24, 2.45) is 17.3 Å². The van der Waals surface area contributed by atoms with Crippen molar-refractivity contribution in [2.45, 2.75) is 39.9 Å². The summed E-state index contributed by atoms with van der Waals surface area (Å²) in [6.45, 7) is 11.3. The summed E-state index contributed by atoms with van der Waals surface area (Å²) in [5.74, 6) is 0.858. The second-order valence-corrected chi connectivity index (χ2v) is 5.66. The number of carbonyl (C=O) groups is 1. The lowest BCUT2D eigenvalue weighted by Crippen LogP contribution is -2.49. The van der Waals surface area contributed by atoms with Gasteiger partial charge < -0.3 is 9.47 Å². The number of hydrogen-bond donors (Lipinski definition) is 0. The molecule has 0 unspecified atom stereocenters. The quantitative estimate of drug-likeness (QED) is 0.694. The normalized spacial score (nSPS) is 39.6. The molecule has 3 atom stereocenters. The summed E-state index contributed by atoms with van der Waals surface area (Å²) < 4.78 is 11.1. The SMILES string of the molecule is C=C(C)[C@H]1CC(=O)[C@@](C)(C2OCCO2)[C@H](C)C1. The summed E-state index contributed by atoms with van der Waals surface area (Å²) in [5.41, 5.74) is 0.628. The lowest BCUT2D eigenvalue weighted by atomic mass is 9.62. The molecule has 0 amide bonds. The van der Waals surface area contributed by atoms with Gasteiger partial charge in [-0.3, -0.25) is 4.79 Å². The van der Waals surface area contributed by atoms with Gasteiger partial charge in [-0.2, -0.15) is 0 Å². The molecule has 17 heavy (non-hydrogen) atoms.